The predicted molar refractivity (Wildman–Crippen MR) is 57.6 cm³/mol. The minimum absolute atomic E-state index is 0.299. The van der Waals surface area contributed by atoms with E-state index in [2.05, 4.69) is 10.4 Å². The molecule has 3 N–H and O–H groups in total. The molecule has 0 fully saturated rings. The molecular formula is C9H12ClN3O. The second kappa shape index (κ2) is 5.47. The number of rotatable bonds is 3. The van der Waals surface area contributed by atoms with Gasteiger partial charge >= 0.3 is 0 Å². The number of benzene rings is 1. The lowest BCUT2D eigenvalue weighted by Gasteiger charge is -2.07. The Morgan fingerprint density at radius 3 is 3.00 bits per heavy atom. The Hall–Kier alpha value is -1.26. The van der Waals surface area contributed by atoms with Gasteiger partial charge in [0.1, 0.15) is 18.2 Å². The fourth-order valence-corrected chi connectivity index (χ4v) is 1.06. The Balaban J connectivity index is 2.53. The van der Waals surface area contributed by atoms with Crippen LogP contribution in [0.2, 0.25) is 5.02 Å². The zero-order valence-corrected chi connectivity index (χ0v) is 8.58. The van der Waals surface area contributed by atoms with Crippen molar-refractivity contribution in [2.45, 2.75) is 0 Å². The maximum Gasteiger partial charge on any atom is 0.149 e. The second-order valence-corrected chi connectivity index (χ2v) is 3.00. The number of nitrogens with zero attached hydrogens (tertiary/aromatic N) is 1. The molecule has 4 nitrogen and oxygen atoms in total. The molecule has 0 amide bonds. The molecule has 0 radical (unpaired) electrons. The van der Waals surface area contributed by atoms with Crippen LogP contribution >= 0.6 is 11.6 Å². The number of nitrogens with one attached hydrogen (secondary N) is 1. The Bertz CT molecular complexity index is 328. The fourth-order valence-electron chi connectivity index (χ4n) is 0.879. The summed E-state index contributed by atoms with van der Waals surface area (Å²) in [5.74, 6) is 6.45. The minimum Gasteiger partial charge on any atom is -0.486 e. The van der Waals surface area contributed by atoms with E-state index in [9.17, 15) is 0 Å². The molecule has 14 heavy (non-hydrogen) atoms. The molecule has 0 aliphatic carbocycles. The number of hydrogen-bond donors (Lipinski definition) is 2. The highest BCUT2D eigenvalue weighted by atomic mass is 35.5. The smallest absolute Gasteiger partial charge is 0.149 e. The van der Waals surface area contributed by atoms with E-state index >= 15 is 0 Å². The van der Waals surface area contributed by atoms with Crippen molar-refractivity contribution in [3.63, 3.8) is 0 Å². The number of ether oxygens (including phenoxy) is 1. The van der Waals surface area contributed by atoms with Gasteiger partial charge in [0.05, 0.1) is 0 Å². The van der Waals surface area contributed by atoms with E-state index < -0.39 is 0 Å². The van der Waals surface area contributed by atoms with Crippen LogP contribution in [0.5, 0.6) is 5.75 Å². The highest BCUT2D eigenvalue weighted by Gasteiger charge is 1.98. The zero-order valence-electron chi connectivity index (χ0n) is 7.83. The van der Waals surface area contributed by atoms with Crippen molar-refractivity contribution in [1.82, 2.24) is 5.43 Å². The van der Waals surface area contributed by atoms with Crippen LogP contribution in [0.25, 0.3) is 0 Å². The van der Waals surface area contributed by atoms with Crippen LogP contribution in [-0.4, -0.2) is 19.5 Å². The molecule has 5 heteroatoms. The van der Waals surface area contributed by atoms with Gasteiger partial charge in [0, 0.05) is 12.1 Å². The topological polar surface area (TPSA) is 59.6 Å². The van der Waals surface area contributed by atoms with E-state index in [1.807, 2.05) is 12.1 Å². The molecule has 0 saturated carbocycles. The first kappa shape index (κ1) is 10.8. The van der Waals surface area contributed by atoms with Crippen LogP contribution in [0.15, 0.2) is 29.3 Å². The van der Waals surface area contributed by atoms with Gasteiger partial charge in [0.2, 0.25) is 0 Å². The summed E-state index contributed by atoms with van der Waals surface area (Å²) in [7, 11) is 1.64. The molecule has 1 aromatic rings. The zero-order chi connectivity index (χ0) is 10.4. The van der Waals surface area contributed by atoms with Crippen molar-refractivity contribution in [3.8, 4) is 5.75 Å². The summed E-state index contributed by atoms with van der Waals surface area (Å²) in [6.45, 7) is 0.299. The van der Waals surface area contributed by atoms with Gasteiger partial charge in [-0.2, -0.15) is 0 Å². The molecule has 0 aliphatic rings. The minimum atomic E-state index is 0.299. The molecule has 0 bridgehead atoms. The highest BCUT2D eigenvalue weighted by Crippen LogP contribution is 2.16. The number of amidine groups is 1. The second-order valence-electron chi connectivity index (χ2n) is 2.56. The van der Waals surface area contributed by atoms with Crippen LogP contribution < -0.4 is 16.0 Å². The monoisotopic (exact) mass is 213 g/mol. The SMILES string of the molecule is CN=C(COc1cccc(Cl)c1)NN. The standard InChI is InChI=1S/C9H12ClN3O/c1-12-9(13-11)6-14-8-4-2-3-7(10)5-8/h2-5H,6,11H2,1H3,(H,12,13). The molecule has 0 unspecified atom stereocenters. The third kappa shape index (κ3) is 3.24. The molecule has 1 rings (SSSR count). The maximum absolute atomic E-state index is 5.78. The maximum atomic E-state index is 5.78. The number of nitrogens with two attached hydrogens (primary N) is 1. The first-order valence-corrected chi connectivity index (χ1v) is 4.44. The number of hydrazine groups is 1. The van der Waals surface area contributed by atoms with E-state index in [-0.39, 0.29) is 0 Å². The quantitative estimate of drug-likeness (QED) is 0.344. The third-order valence-electron chi connectivity index (χ3n) is 1.61. The molecule has 76 valence electrons. The lowest BCUT2D eigenvalue weighted by molar-refractivity contribution is 0.372. The fraction of sp³-hybridized carbons (Fsp3) is 0.222. The van der Waals surface area contributed by atoms with Gasteiger partial charge in [0.15, 0.2) is 0 Å². The third-order valence-corrected chi connectivity index (χ3v) is 1.84. The Kier molecular flexibility index (Phi) is 4.22. The predicted octanol–water partition coefficient (Wildman–Crippen LogP) is 1.21. The molecular weight excluding hydrogens is 202 g/mol. The lowest BCUT2D eigenvalue weighted by atomic mass is 10.3. The van der Waals surface area contributed by atoms with Gasteiger partial charge in [-0.15, -0.1) is 0 Å². The summed E-state index contributed by atoms with van der Waals surface area (Å²) in [5.41, 5.74) is 2.43. The van der Waals surface area contributed by atoms with Crippen molar-refractivity contribution >= 4 is 17.4 Å². The van der Waals surface area contributed by atoms with E-state index in [0.29, 0.717) is 23.2 Å². The highest BCUT2D eigenvalue weighted by molar-refractivity contribution is 6.30. The number of halogens is 1. The van der Waals surface area contributed by atoms with Gasteiger partial charge in [-0.05, 0) is 18.2 Å². The van der Waals surface area contributed by atoms with Crippen LogP contribution in [-0.2, 0) is 0 Å². The normalized spacial score (nSPS) is 11.2. The van der Waals surface area contributed by atoms with Crippen molar-refractivity contribution in [1.29, 1.82) is 0 Å². The van der Waals surface area contributed by atoms with Gasteiger partial charge < -0.3 is 10.2 Å². The van der Waals surface area contributed by atoms with Gasteiger partial charge in [0.25, 0.3) is 0 Å². The molecule has 0 heterocycles. The summed E-state index contributed by atoms with van der Waals surface area (Å²) in [6.07, 6.45) is 0. The first-order valence-electron chi connectivity index (χ1n) is 4.07. The van der Waals surface area contributed by atoms with Crippen molar-refractivity contribution < 1.29 is 4.74 Å². The van der Waals surface area contributed by atoms with Gasteiger partial charge in [-0.3, -0.25) is 4.99 Å². The Morgan fingerprint density at radius 1 is 1.64 bits per heavy atom. The molecule has 1 aromatic carbocycles. The van der Waals surface area contributed by atoms with Crippen LogP contribution in [0, 0.1) is 0 Å². The first-order chi connectivity index (χ1) is 6.76. The summed E-state index contributed by atoms with van der Waals surface area (Å²) in [4.78, 5) is 3.87. The summed E-state index contributed by atoms with van der Waals surface area (Å²) < 4.78 is 5.37. The summed E-state index contributed by atoms with van der Waals surface area (Å²) >= 11 is 5.78. The molecule has 0 saturated heterocycles. The average Bonchev–Trinajstić information content (AvgIpc) is 2.19. The molecule has 0 spiro atoms. The van der Waals surface area contributed by atoms with E-state index in [1.165, 1.54) is 0 Å². The lowest BCUT2D eigenvalue weighted by Crippen LogP contribution is -2.34. The Morgan fingerprint density at radius 2 is 2.43 bits per heavy atom. The van der Waals surface area contributed by atoms with Crippen molar-refractivity contribution in [2.24, 2.45) is 10.8 Å². The van der Waals surface area contributed by atoms with Crippen molar-refractivity contribution in [3.05, 3.63) is 29.3 Å². The van der Waals surface area contributed by atoms with E-state index in [4.69, 9.17) is 22.2 Å². The van der Waals surface area contributed by atoms with Crippen LogP contribution in [0.4, 0.5) is 0 Å². The van der Waals surface area contributed by atoms with Crippen LogP contribution in [0.3, 0.4) is 0 Å². The molecule has 0 aromatic heterocycles. The molecule has 0 aliphatic heterocycles. The number of hydrogen-bond acceptors (Lipinski definition) is 3. The van der Waals surface area contributed by atoms with Gasteiger partial charge in [-0.25, -0.2) is 5.84 Å². The van der Waals surface area contributed by atoms with Gasteiger partial charge in [-0.1, -0.05) is 17.7 Å². The molecule has 0 atom stereocenters. The van der Waals surface area contributed by atoms with E-state index in [0.717, 1.165) is 0 Å². The summed E-state index contributed by atoms with van der Waals surface area (Å²) in [6, 6.07) is 7.14. The Labute approximate surface area is 87.7 Å². The van der Waals surface area contributed by atoms with Crippen LogP contribution in [0.1, 0.15) is 0 Å². The summed E-state index contributed by atoms with van der Waals surface area (Å²) in [5, 5.41) is 0.637. The van der Waals surface area contributed by atoms with Crippen molar-refractivity contribution in [2.75, 3.05) is 13.7 Å². The largest absolute Gasteiger partial charge is 0.486 e. The average molecular weight is 214 g/mol. The number of aliphatic imine (C=N–C) groups is 1. The van der Waals surface area contributed by atoms with E-state index in [1.54, 1.807) is 19.2 Å².